The zero-order valence-corrected chi connectivity index (χ0v) is 10.8. The molecule has 0 fully saturated rings. The standard InChI is InChI=1S/C14H17F3O/c1-5-13(3,6-2)11-8-7-10(14(15,16)17)9-12(11)18-4/h5,7-9H,1,6H2,2-4H3/t13-/m1/s1. The highest BCUT2D eigenvalue weighted by atomic mass is 19.4. The summed E-state index contributed by atoms with van der Waals surface area (Å²) in [5.74, 6) is 0.245. The van der Waals surface area contributed by atoms with Crippen molar-refractivity contribution < 1.29 is 17.9 Å². The van der Waals surface area contributed by atoms with Crippen LogP contribution in [-0.2, 0) is 11.6 Å². The van der Waals surface area contributed by atoms with Crippen LogP contribution < -0.4 is 4.74 Å². The monoisotopic (exact) mass is 258 g/mol. The van der Waals surface area contributed by atoms with Gasteiger partial charge in [-0.25, -0.2) is 0 Å². The van der Waals surface area contributed by atoms with E-state index < -0.39 is 17.2 Å². The van der Waals surface area contributed by atoms with Crippen LogP contribution in [-0.4, -0.2) is 7.11 Å². The van der Waals surface area contributed by atoms with Crippen LogP contribution in [0.4, 0.5) is 13.2 Å². The van der Waals surface area contributed by atoms with Crippen molar-refractivity contribution in [1.29, 1.82) is 0 Å². The van der Waals surface area contributed by atoms with Gasteiger partial charge in [-0.2, -0.15) is 13.2 Å². The Balaban J connectivity index is 3.36. The summed E-state index contributed by atoms with van der Waals surface area (Å²) in [7, 11) is 1.37. The van der Waals surface area contributed by atoms with Crippen LogP contribution in [0.1, 0.15) is 31.4 Å². The van der Waals surface area contributed by atoms with Gasteiger partial charge in [-0.3, -0.25) is 0 Å². The van der Waals surface area contributed by atoms with Crippen LogP contribution in [0.25, 0.3) is 0 Å². The maximum Gasteiger partial charge on any atom is 0.416 e. The molecule has 0 saturated heterocycles. The van der Waals surface area contributed by atoms with E-state index in [1.54, 1.807) is 6.08 Å². The predicted octanol–water partition coefficient (Wildman–Crippen LogP) is 4.57. The average Bonchev–Trinajstić information content (AvgIpc) is 2.36. The molecule has 100 valence electrons. The first kappa shape index (κ1) is 14.6. The van der Waals surface area contributed by atoms with Crippen LogP contribution in [0, 0.1) is 0 Å². The fourth-order valence-electron chi connectivity index (χ4n) is 1.78. The van der Waals surface area contributed by atoms with Gasteiger partial charge in [-0.1, -0.05) is 26.0 Å². The molecule has 1 atom stereocenters. The van der Waals surface area contributed by atoms with Gasteiger partial charge in [0.2, 0.25) is 0 Å². The van der Waals surface area contributed by atoms with Gasteiger partial charge in [0, 0.05) is 11.0 Å². The molecule has 0 aliphatic heterocycles. The molecule has 0 heterocycles. The van der Waals surface area contributed by atoms with Gasteiger partial charge >= 0.3 is 6.18 Å². The topological polar surface area (TPSA) is 9.23 Å². The van der Waals surface area contributed by atoms with Crippen LogP contribution in [0.15, 0.2) is 30.9 Å². The lowest BCUT2D eigenvalue weighted by molar-refractivity contribution is -0.137. The van der Waals surface area contributed by atoms with Crippen molar-refractivity contribution in [3.05, 3.63) is 42.0 Å². The molecule has 0 aliphatic carbocycles. The maximum absolute atomic E-state index is 12.6. The summed E-state index contributed by atoms with van der Waals surface area (Å²) < 4.78 is 42.9. The lowest BCUT2D eigenvalue weighted by Crippen LogP contribution is -2.19. The number of ether oxygens (including phenoxy) is 1. The molecule has 1 rings (SSSR count). The molecule has 0 N–H and O–H groups in total. The number of rotatable bonds is 4. The van der Waals surface area contributed by atoms with E-state index in [-0.39, 0.29) is 5.75 Å². The highest BCUT2D eigenvalue weighted by molar-refractivity contribution is 5.45. The lowest BCUT2D eigenvalue weighted by atomic mass is 9.79. The second-order valence-electron chi connectivity index (χ2n) is 4.39. The smallest absolute Gasteiger partial charge is 0.416 e. The fraction of sp³-hybridized carbons (Fsp3) is 0.429. The van der Waals surface area contributed by atoms with Gasteiger partial charge in [0.1, 0.15) is 5.75 Å². The third-order valence-corrected chi connectivity index (χ3v) is 3.33. The molecule has 1 aromatic carbocycles. The quantitative estimate of drug-likeness (QED) is 0.719. The zero-order chi connectivity index (χ0) is 14.0. The predicted molar refractivity (Wildman–Crippen MR) is 65.8 cm³/mol. The normalized spacial score (nSPS) is 15.0. The summed E-state index contributed by atoms with van der Waals surface area (Å²) in [4.78, 5) is 0. The molecule has 0 aliphatic rings. The average molecular weight is 258 g/mol. The van der Waals surface area contributed by atoms with Crippen LogP contribution in [0.3, 0.4) is 0 Å². The Morgan fingerprint density at radius 1 is 1.33 bits per heavy atom. The summed E-state index contributed by atoms with van der Waals surface area (Å²) in [5.41, 5.74) is -0.378. The van der Waals surface area contributed by atoms with E-state index in [0.29, 0.717) is 0 Å². The van der Waals surface area contributed by atoms with Crippen molar-refractivity contribution in [3.63, 3.8) is 0 Å². The van der Waals surface area contributed by atoms with E-state index in [1.807, 2.05) is 13.8 Å². The van der Waals surface area contributed by atoms with Gasteiger partial charge < -0.3 is 4.74 Å². The molecule has 0 saturated carbocycles. The minimum atomic E-state index is -4.36. The summed E-state index contributed by atoms with van der Waals surface area (Å²) in [6.45, 7) is 7.63. The van der Waals surface area contributed by atoms with Crippen molar-refractivity contribution in [2.24, 2.45) is 0 Å². The molecule has 0 spiro atoms. The largest absolute Gasteiger partial charge is 0.496 e. The summed E-state index contributed by atoms with van der Waals surface area (Å²) in [5, 5.41) is 0. The number of alkyl halides is 3. The van der Waals surface area contributed by atoms with Crippen molar-refractivity contribution in [3.8, 4) is 5.75 Å². The molecule has 18 heavy (non-hydrogen) atoms. The first-order chi connectivity index (χ1) is 8.28. The second-order valence-corrected chi connectivity index (χ2v) is 4.39. The first-order valence-electron chi connectivity index (χ1n) is 5.67. The molecule has 0 unspecified atom stereocenters. The molecule has 0 bridgehead atoms. The van der Waals surface area contributed by atoms with E-state index in [1.165, 1.54) is 13.2 Å². The van der Waals surface area contributed by atoms with E-state index in [9.17, 15) is 13.2 Å². The highest BCUT2D eigenvalue weighted by Gasteiger charge is 2.33. The Morgan fingerprint density at radius 3 is 2.33 bits per heavy atom. The Hall–Kier alpha value is -1.45. The van der Waals surface area contributed by atoms with E-state index in [2.05, 4.69) is 6.58 Å². The van der Waals surface area contributed by atoms with Crippen molar-refractivity contribution in [1.82, 2.24) is 0 Å². The third kappa shape index (κ3) is 2.68. The SMILES string of the molecule is C=C[C@](C)(CC)c1ccc(C(F)(F)F)cc1OC. The first-order valence-corrected chi connectivity index (χ1v) is 5.67. The Labute approximate surface area is 105 Å². The van der Waals surface area contributed by atoms with Gasteiger partial charge in [-0.15, -0.1) is 6.58 Å². The Bertz CT molecular complexity index is 437. The number of halogens is 3. The van der Waals surface area contributed by atoms with Gasteiger partial charge in [0.15, 0.2) is 0 Å². The molecule has 1 nitrogen and oxygen atoms in total. The maximum atomic E-state index is 12.6. The minimum absolute atomic E-state index is 0.245. The molecule has 0 radical (unpaired) electrons. The Morgan fingerprint density at radius 2 is 1.94 bits per heavy atom. The van der Waals surface area contributed by atoms with Crippen molar-refractivity contribution in [2.75, 3.05) is 7.11 Å². The molecular weight excluding hydrogens is 241 g/mol. The number of hydrogen-bond donors (Lipinski definition) is 0. The Kier molecular flexibility index (Phi) is 4.09. The highest BCUT2D eigenvalue weighted by Crippen LogP contribution is 2.39. The lowest BCUT2D eigenvalue weighted by Gasteiger charge is -2.27. The molecule has 4 heteroatoms. The molecule has 1 aromatic rings. The van der Waals surface area contributed by atoms with Crippen molar-refractivity contribution in [2.45, 2.75) is 31.9 Å². The van der Waals surface area contributed by atoms with Gasteiger partial charge in [-0.05, 0) is 18.6 Å². The summed E-state index contributed by atoms with van der Waals surface area (Å²) in [6.07, 6.45) is -1.89. The number of allylic oxidation sites excluding steroid dienone is 1. The molecule has 0 aromatic heterocycles. The third-order valence-electron chi connectivity index (χ3n) is 3.33. The molecular formula is C14H17F3O. The van der Waals surface area contributed by atoms with Crippen LogP contribution in [0.5, 0.6) is 5.75 Å². The number of hydrogen-bond acceptors (Lipinski definition) is 1. The van der Waals surface area contributed by atoms with E-state index in [0.717, 1.165) is 24.1 Å². The van der Waals surface area contributed by atoms with E-state index >= 15 is 0 Å². The van der Waals surface area contributed by atoms with Gasteiger partial charge in [0.25, 0.3) is 0 Å². The van der Waals surface area contributed by atoms with Gasteiger partial charge in [0.05, 0.1) is 12.7 Å². The number of benzene rings is 1. The second kappa shape index (κ2) is 5.04. The van der Waals surface area contributed by atoms with Crippen molar-refractivity contribution >= 4 is 0 Å². The van der Waals surface area contributed by atoms with Crippen LogP contribution in [0.2, 0.25) is 0 Å². The zero-order valence-electron chi connectivity index (χ0n) is 10.8. The fourth-order valence-corrected chi connectivity index (χ4v) is 1.78. The van der Waals surface area contributed by atoms with Crippen LogP contribution >= 0.6 is 0 Å². The minimum Gasteiger partial charge on any atom is -0.496 e. The summed E-state index contributed by atoms with van der Waals surface area (Å²) in [6, 6.07) is 3.58. The summed E-state index contributed by atoms with van der Waals surface area (Å²) >= 11 is 0. The van der Waals surface area contributed by atoms with E-state index in [4.69, 9.17) is 4.74 Å². The molecule has 0 amide bonds. The number of methoxy groups -OCH3 is 1.